The molecular weight excluding hydrogens is 130 g/mol. The fourth-order valence-corrected chi connectivity index (χ4v) is 1.30. The van der Waals surface area contributed by atoms with Crippen LogP contribution in [0.15, 0.2) is 0 Å². The van der Waals surface area contributed by atoms with Crippen LogP contribution >= 0.6 is 11.8 Å². The second kappa shape index (κ2) is 5.12. The van der Waals surface area contributed by atoms with Crippen LogP contribution in [0.2, 0.25) is 0 Å². The lowest BCUT2D eigenvalue weighted by atomic mass is 10.3. The number of hydrogen-bond donors (Lipinski definition) is 1. The van der Waals surface area contributed by atoms with Crippen molar-refractivity contribution in [3.05, 3.63) is 0 Å². The highest BCUT2D eigenvalue weighted by atomic mass is 32.2. The van der Waals surface area contributed by atoms with Gasteiger partial charge in [0, 0.05) is 11.8 Å². The molecule has 0 saturated heterocycles. The van der Waals surface area contributed by atoms with Crippen molar-refractivity contribution in [2.45, 2.75) is 38.5 Å². The lowest BCUT2D eigenvalue weighted by molar-refractivity contribution is 0.723. The highest BCUT2D eigenvalue weighted by molar-refractivity contribution is 7.99. The van der Waals surface area contributed by atoms with Crippen LogP contribution in [-0.2, 0) is 0 Å². The summed E-state index contributed by atoms with van der Waals surface area (Å²) in [6.07, 6.45) is 1.10. The van der Waals surface area contributed by atoms with Gasteiger partial charge in [0.2, 0.25) is 0 Å². The van der Waals surface area contributed by atoms with E-state index in [1.165, 1.54) is 0 Å². The highest BCUT2D eigenvalue weighted by Crippen LogP contribution is 2.10. The van der Waals surface area contributed by atoms with Crippen molar-refractivity contribution >= 4 is 11.8 Å². The van der Waals surface area contributed by atoms with Crippen molar-refractivity contribution in [1.82, 2.24) is 0 Å². The molecule has 0 spiro atoms. The van der Waals surface area contributed by atoms with Crippen molar-refractivity contribution < 1.29 is 0 Å². The van der Waals surface area contributed by atoms with Crippen LogP contribution in [0, 0.1) is 0 Å². The van der Waals surface area contributed by atoms with Crippen LogP contribution in [0.4, 0.5) is 0 Å². The molecule has 1 atom stereocenters. The van der Waals surface area contributed by atoms with Gasteiger partial charge < -0.3 is 5.73 Å². The molecule has 0 bridgehead atoms. The molecule has 0 aliphatic carbocycles. The number of hydrogen-bond acceptors (Lipinski definition) is 2. The Morgan fingerprint density at radius 2 is 2.00 bits per heavy atom. The van der Waals surface area contributed by atoms with Gasteiger partial charge in [-0.05, 0) is 11.7 Å². The molecule has 1 nitrogen and oxygen atoms in total. The van der Waals surface area contributed by atoms with E-state index in [2.05, 4.69) is 20.8 Å². The van der Waals surface area contributed by atoms with E-state index in [9.17, 15) is 0 Å². The second-order valence-electron chi connectivity index (χ2n) is 2.55. The van der Waals surface area contributed by atoms with E-state index < -0.39 is 0 Å². The first-order valence-corrected chi connectivity index (χ1v) is 4.58. The summed E-state index contributed by atoms with van der Waals surface area (Å²) in [5, 5.41) is 0.725. The van der Waals surface area contributed by atoms with Crippen molar-refractivity contribution in [2.24, 2.45) is 5.73 Å². The maximum Gasteiger partial charge on any atom is 0.0127 e. The largest absolute Gasteiger partial charge is 0.327 e. The molecule has 9 heavy (non-hydrogen) atoms. The molecule has 0 aliphatic rings. The Hall–Kier alpha value is 0.310. The Morgan fingerprint density at radius 1 is 1.44 bits per heavy atom. The first kappa shape index (κ1) is 9.31. The van der Waals surface area contributed by atoms with Gasteiger partial charge >= 0.3 is 0 Å². The minimum absolute atomic E-state index is 0.400. The predicted molar refractivity (Wildman–Crippen MR) is 45.9 cm³/mol. The summed E-state index contributed by atoms with van der Waals surface area (Å²) >= 11 is 1.94. The van der Waals surface area contributed by atoms with Gasteiger partial charge in [0.05, 0.1) is 0 Å². The third-order valence-electron chi connectivity index (χ3n) is 1.17. The summed E-state index contributed by atoms with van der Waals surface area (Å²) in [5.74, 6) is 1.11. The van der Waals surface area contributed by atoms with Crippen molar-refractivity contribution in [2.75, 3.05) is 5.75 Å². The summed E-state index contributed by atoms with van der Waals surface area (Å²) in [6.45, 7) is 6.53. The maximum atomic E-state index is 5.70. The van der Waals surface area contributed by atoms with Crippen LogP contribution in [-0.4, -0.2) is 17.0 Å². The molecule has 0 aromatic carbocycles. The Bertz CT molecular complexity index is 63.9. The summed E-state index contributed by atoms with van der Waals surface area (Å²) in [7, 11) is 0. The molecule has 0 fully saturated rings. The van der Waals surface area contributed by atoms with Crippen LogP contribution < -0.4 is 5.73 Å². The Balaban J connectivity index is 3.06. The summed E-state index contributed by atoms with van der Waals surface area (Å²) < 4.78 is 0. The van der Waals surface area contributed by atoms with Gasteiger partial charge in [-0.15, -0.1) is 0 Å². The molecule has 0 aromatic rings. The smallest absolute Gasteiger partial charge is 0.0127 e. The number of rotatable bonds is 4. The number of thioether (sulfide) groups is 1. The molecule has 2 heteroatoms. The summed E-state index contributed by atoms with van der Waals surface area (Å²) in [4.78, 5) is 0. The van der Waals surface area contributed by atoms with Crippen LogP contribution in [0.3, 0.4) is 0 Å². The van der Waals surface area contributed by atoms with Gasteiger partial charge in [0.25, 0.3) is 0 Å². The first-order valence-electron chi connectivity index (χ1n) is 3.54. The van der Waals surface area contributed by atoms with Gasteiger partial charge in [-0.25, -0.2) is 0 Å². The zero-order valence-electron chi connectivity index (χ0n) is 6.55. The monoisotopic (exact) mass is 147 g/mol. The lowest BCUT2D eigenvalue weighted by Crippen LogP contribution is -2.22. The molecule has 0 heterocycles. The zero-order valence-corrected chi connectivity index (χ0v) is 7.37. The van der Waals surface area contributed by atoms with E-state index in [0.29, 0.717) is 6.04 Å². The molecule has 0 aliphatic heterocycles. The zero-order chi connectivity index (χ0) is 7.28. The summed E-state index contributed by atoms with van der Waals surface area (Å²) in [6, 6.07) is 0.400. The van der Waals surface area contributed by atoms with E-state index in [0.717, 1.165) is 17.4 Å². The van der Waals surface area contributed by atoms with E-state index in [-0.39, 0.29) is 0 Å². The minimum atomic E-state index is 0.400. The molecule has 0 radical (unpaired) electrons. The minimum Gasteiger partial charge on any atom is -0.327 e. The van der Waals surface area contributed by atoms with Gasteiger partial charge in [-0.1, -0.05) is 20.8 Å². The summed E-state index contributed by atoms with van der Waals surface area (Å²) in [5.41, 5.74) is 5.70. The van der Waals surface area contributed by atoms with E-state index >= 15 is 0 Å². The van der Waals surface area contributed by atoms with Crippen LogP contribution in [0.1, 0.15) is 27.2 Å². The normalized spacial score (nSPS) is 14.3. The number of nitrogens with two attached hydrogens (primary N) is 1. The highest BCUT2D eigenvalue weighted by Gasteiger charge is 1.99. The van der Waals surface area contributed by atoms with Gasteiger partial charge in [-0.3, -0.25) is 0 Å². The van der Waals surface area contributed by atoms with E-state index in [4.69, 9.17) is 5.73 Å². The third-order valence-corrected chi connectivity index (χ3v) is 2.46. The first-order chi connectivity index (χ1) is 4.16. The third kappa shape index (κ3) is 6.19. The molecule has 0 amide bonds. The van der Waals surface area contributed by atoms with Crippen LogP contribution in [0.5, 0.6) is 0 Å². The SMILES string of the molecule is CC[C@@H](N)CSC(C)C. The van der Waals surface area contributed by atoms with Gasteiger partial charge in [0.15, 0.2) is 0 Å². The predicted octanol–water partition coefficient (Wildman–Crippen LogP) is 1.87. The van der Waals surface area contributed by atoms with Crippen molar-refractivity contribution in [1.29, 1.82) is 0 Å². The Labute approximate surface area is 62.4 Å². The van der Waals surface area contributed by atoms with Crippen LogP contribution in [0.25, 0.3) is 0 Å². The fraction of sp³-hybridized carbons (Fsp3) is 1.00. The molecule has 2 N–H and O–H groups in total. The van der Waals surface area contributed by atoms with Crippen molar-refractivity contribution in [3.8, 4) is 0 Å². The average Bonchev–Trinajstić information content (AvgIpc) is 1.83. The Kier molecular flexibility index (Phi) is 5.30. The Morgan fingerprint density at radius 3 is 2.33 bits per heavy atom. The van der Waals surface area contributed by atoms with E-state index in [1.807, 2.05) is 11.8 Å². The standard InChI is InChI=1S/C7H17NS/c1-4-7(8)5-9-6(2)3/h6-7H,4-5,8H2,1-3H3/t7-/m1/s1. The second-order valence-corrected chi connectivity index (χ2v) is 4.16. The topological polar surface area (TPSA) is 26.0 Å². The molecular formula is C7H17NS. The van der Waals surface area contributed by atoms with E-state index in [1.54, 1.807) is 0 Å². The molecule has 0 saturated carbocycles. The lowest BCUT2D eigenvalue weighted by Gasteiger charge is -2.09. The quantitative estimate of drug-likeness (QED) is 0.657. The molecule has 56 valence electrons. The van der Waals surface area contributed by atoms with Crippen molar-refractivity contribution in [3.63, 3.8) is 0 Å². The molecule has 0 unspecified atom stereocenters. The molecule has 0 aromatic heterocycles. The maximum absolute atomic E-state index is 5.70. The average molecular weight is 147 g/mol. The molecule has 0 rings (SSSR count). The fourth-order valence-electron chi connectivity index (χ4n) is 0.434. The van der Waals surface area contributed by atoms with Gasteiger partial charge in [-0.2, -0.15) is 11.8 Å². The van der Waals surface area contributed by atoms with Gasteiger partial charge in [0.1, 0.15) is 0 Å².